The monoisotopic (exact) mass is 268 g/mol. The van der Waals surface area contributed by atoms with Gasteiger partial charge in [-0.05, 0) is 36.6 Å². The van der Waals surface area contributed by atoms with Gasteiger partial charge in [0.2, 0.25) is 0 Å². The standard InChI is InChI=1S/C16H16N2S/c17-16(19)13-8-2-4-10-15(13)18-11-5-7-12-6-1-3-9-14(12)18/h1-4,6,8-10H,5,7,11H2,(H2,17,19). The van der Waals surface area contributed by atoms with Crippen LogP contribution in [0.2, 0.25) is 0 Å². The van der Waals surface area contributed by atoms with Crippen molar-refractivity contribution in [2.75, 3.05) is 11.4 Å². The number of nitrogens with two attached hydrogens (primary N) is 1. The average molecular weight is 268 g/mol. The maximum absolute atomic E-state index is 5.85. The third-order valence-corrected chi connectivity index (χ3v) is 3.79. The third-order valence-electron chi connectivity index (χ3n) is 3.57. The minimum Gasteiger partial charge on any atom is -0.389 e. The Bertz CT molecular complexity index is 622. The van der Waals surface area contributed by atoms with Crippen LogP contribution in [0.4, 0.5) is 11.4 Å². The highest BCUT2D eigenvalue weighted by Gasteiger charge is 2.20. The van der Waals surface area contributed by atoms with Crippen LogP contribution in [0.25, 0.3) is 0 Å². The molecular weight excluding hydrogens is 252 g/mol. The van der Waals surface area contributed by atoms with E-state index in [2.05, 4.69) is 35.2 Å². The molecule has 0 radical (unpaired) electrons. The zero-order valence-electron chi connectivity index (χ0n) is 10.7. The van der Waals surface area contributed by atoms with Gasteiger partial charge in [0.15, 0.2) is 0 Å². The van der Waals surface area contributed by atoms with Crippen molar-refractivity contribution in [1.29, 1.82) is 0 Å². The molecule has 0 bridgehead atoms. The van der Waals surface area contributed by atoms with Crippen molar-refractivity contribution in [3.05, 3.63) is 59.7 Å². The predicted octanol–water partition coefficient (Wildman–Crippen LogP) is 3.41. The Morgan fingerprint density at radius 2 is 1.68 bits per heavy atom. The van der Waals surface area contributed by atoms with Gasteiger partial charge in [-0.15, -0.1) is 0 Å². The van der Waals surface area contributed by atoms with Crippen molar-refractivity contribution in [2.24, 2.45) is 5.73 Å². The Balaban J connectivity index is 2.12. The van der Waals surface area contributed by atoms with Gasteiger partial charge >= 0.3 is 0 Å². The molecule has 1 aliphatic heterocycles. The molecular formula is C16H16N2S. The topological polar surface area (TPSA) is 29.3 Å². The summed E-state index contributed by atoms with van der Waals surface area (Å²) in [5, 5.41) is 0. The molecule has 19 heavy (non-hydrogen) atoms. The van der Waals surface area contributed by atoms with Crippen molar-refractivity contribution in [1.82, 2.24) is 0 Å². The Morgan fingerprint density at radius 3 is 2.47 bits per heavy atom. The van der Waals surface area contributed by atoms with E-state index < -0.39 is 0 Å². The van der Waals surface area contributed by atoms with Crippen LogP contribution in [0.5, 0.6) is 0 Å². The van der Waals surface area contributed by atoms with Gasteiger partial charge < -0.3 is 10.6 Å². The highest BCUT2D eigenvalue weighted by molar-refractivity contribution is 7.80. The summed E-state index contributed by atoms with van der Waals surface area (Å²) >= 11 is 5.17. The van der Waals surface area contributed by atoms with E-state index in [1.807, 2.05) is 18.2 Å². The zero-order valence-corrected chi connectivity index (χ0v) is 11.5. The fourth-order valence-electron chi connectivity index (χ4n) is 2.70. The maximum atomic E-state index is 5.85. The van der Waals surface area contributed by atoms with E-state index >= 15 is 0 Å². The van der Waals surface area contributed by atoms with Gasteiger partial charge in [-0.3, -0.25) is 0 Å². The van der Waals surface area contributed by atoms with Gasteiger partial charge in [0.1, 0.15) is 4.99 Å². The molecule has 1 heterocycles. The first kappa shape index (κ1) is 12.2. The van der Waals surface area contributed by atoms with E-state index in [0.29, 0.717) is 4.99 Å². The maximum Gasteiger partial charge on any atom is 0.106 e. The Kier molecular flexibility index (Phi) is 3.22. The number of rotatable bonds is 2. The lowest BCUT2D eigenvalue weighted by Crippen LogP contribution is -2.27. The number of anilines is 2. The van der Waals surface area contributed by atoms with Gasteiger partial charge in [-0.1, -0.05) is 42.5 Å². The van der Waals surface area contributed by atoms with Crippen molar-refractivity contribution in [3.63, 3.8) is 0 Å². The van der Waals surface area contributed by atoms with Gasteiger partial charge in [0.05, 0.1) is 5.69 Å². The van der Waals surface area contributed by atoms with E-state index in [0.717, 1.165) is 30.6 Å². The van der Waals surface area contributed by atoms with Crippen LogP contribution in [0.3, 0.4) is 0 Å². The molecule has 2 aromatic rings. The summed E-state index contributed by atoms with van der Waals surface area (Å²) in [4.78, 5) is 2.78. The van der Waals surface area contributed by atoms with Crippen LogP contribution in [0.1, 0.15) is 17.5 Å². The largest absolute Gasteiger partial charge is 0.389 e. The second kappa shape index (κ2) is 5.02. The van der Waals surface area contributed by atoms with Gasteiger partial charge in [0, 0.05) is 17.8 Å². The number of fused-ring (bicyclic) bond motifs is 1. The molecule has 2 N–H and O–H groups in total. The van der Waals surface area contributed by atoms with Crippen molar-refractivity contribution >= 4 is 28.6 Å². The van der Waals surface area contributed by atoms with E-state index in [1.165, 1.54) is 11.3 Å². The number of para-hydroxylation sites is 2. The van der Waals surface area contributed by atoms with Crippen molar-refractivity contribution in [2.45, 2.75) is 12.8 Å². The van der Waals surface area contributed by atoms with Crippen LogP contribution in [-0.4, -0.2) is 11.5 Å². The highest BCUT2D eigenvalue weighted by Crippen LogP contribution is 2.34. The number of hydrogen-bond donors (Lipinski definition) is 1. The van der Waals surface area contributed by atoms with E-state index in [9.17, 15) is 0 Å². The summed E-state index contributed by atoms with van der Waals surface area (Å²) in [6.45, 7) is 1.01. The second-order valence-corrected chi connectivity index (χ2v) is 5.21. The first-order chi connectivity index (χ1) is 9.27. The van der Waals surface area contributed by atoms with Crippen LogP contribution >= 0.6 is 12.2 Å². The first-order valence-electron chi connectivity index (χ1n) is 6.51. The lowest BCUT2D eigenvalue weighted by Gasteiger charge is -2.32. The summed E-state index contributed by atoms with van der Waals surface area (Å²) in [7, 11) is 0. The molecule has 0 saturated heterocycles. The number of hydrogen-bond acceptors (Lipinski definition) is 2. The van der Waals surface area contributed by atoms with E-state index in [4.69, 9.17) is 18.0 Å². The van der Waals surface area contributed by atoms with Gasteiger partial charge in [-0.2, -0.15) is 0 Å². The van der Waals surface area contributed by atoms with Crippen LogP contribution < -0.4 is 10.6 Å². The summed E-state index contributed by atoms with van der Waals surface area (Å²) in [5.41, 5.74) is 10.6. The number of aryl methyl sites for hydroxylation is 1. The number of benzene rings is 2. The number of thiocarbonyl (C=S) groups is 1. The molecule has 2 aromatic carbocycles. The first-order valence-corrected chi connectivity index (χ1v) is 6.92. The van der Waals surface area contributed by atoms with Crippen molar-refractivity contribution < 1.29 is 0 Å². The molecule has 0 aliphatic carbocycles. The molecule has 0 saturated carbocycles. The Hall–Kier alpha value is -1.87. The third kappa shape index (κ3) is 2.22. The lowest BCUT2D eigenvalue weighted by atomic mass is 10.00. The Morgan fingerprint density at radius 1 is 1.00 bits per heavy atom. The molecule has 0 amide bonds. The number of nitrogens with zero attached hydrogens (tertiary/aromatic N) is 1. The normalized spacial score (nSPS) is 14.0. The molecule has 96 valence electrons. The average Bonchev–Trinajstić information content (AvgIpc) is 2.46. The van der Waals surface area contributed by atoms with Crippen molar-refractivity contribution in [3.8, 4) is 0 Å². The van der Waals surface area contributed by atoms with Crippen LogP contribution in [0.15, 0.2) is 48.5 Å². The van der Waals surface area contributed by atoms with Crippen LogP contribution in [0, 0.1) is 0 Å². The lowest BCUT2D eigenvalue weighted by molar-refractivity contribution is 0.766. The predicted molar refractivity (Wildman–Crippen MR) is 84.1 cm³/mol. The minimum absolute atomic E-state index is 0.457. The van der Waals surface area contributed by atoms with Gasteiger partial charge in [0.25, 0.3) is 0 Å². The smallest absolute Gasteiger partial charge is 0.106 e. The molecule has 0 atom stereocenters. The minimum atomic E-state index is 0.457. The highest BCUT2D eigenvalue weighted by atomic mass is 32.1. The zero-order chi connectivity index (χ0) is 13.2. The SMILES string of the molecule is NC(=S)c1ccccc1N1CCCc2ccccc21. The molecule has 0 fully saturated rings. The molecule has 2 nitrogen and oxygen atoms in total. The summed E-state index contributed by atoms with van der Waals surface area (Å²) in [6, 6.07) is 16.7. The summed E-state index contributed by atoms with van der Waals surface area (Å²) in [6.07, 6.45) is 2.30. The fourth-order valence-corrected chi connectivity index (χ4v) is 2.87. The molecule has 3 heteroatoms. The van der Waals surface area contributed by atoms with Crippen LogP contribution in [-0.2, 0) is 6.42 Å². The molecule has 1 aliphatic rings. The van der Waals surface area contributed by atoms with E-state index in [-0.39, 0.29) is 0 Å². The quantitative estimate of drug-likeness (QED) is 0.846. The Labute approximate surface area is 118 Å². The van der Waals surface area contributed by atoms with Gasteiger partial charge in [-0.25, -0.2) is 0 Å². The molecule has 0 unspecified atom stereocenters. The molecule has 0 spiro atoms. The second-order valence-electron chi connectivity index (χ2n) is 4.77. The van der Waals surface area contributed by atoms with E-state index in [1.54, 1.807) is 0 Å². The molecule has 3 rings (SSSR count). The molecule has 0 aromatic heterocycles. The fraction of sp³-hybridized carbons (Fsp3) is 0.188. The summed E-state index contributed by atoms with van der Waals surface area (Å²) in [5.74, 6) is 0. The summed E-state index contributed by atoms with van der Waals surface area (Å²) < 4.78 is 0.